The highest BCUT2D eigenvalue weighted by Crippen LogP contribution is 2.38. The van der Waals surface area contributed by atoms with E-state index in [-0.39, 0.29) is 23.8 Å². The number of nitrogens with zero attached hydrogens (tertiary/aromatic N) is 3. The zero-order valence-corrected chi connectivity index (χ0v) is 18.9. The van der Waals surface area contributed by atoms with E-state index in [0.29, 0.717) is 32.1 Å². The summed E-state index contributed by atoms with van der Waals surface area (Å²) < 4.78 is 0. The van der Waals surface area contributed by atoms with Crippen molar-refractivity contribution in [1.29, 1.82) is 0 Å². The van der Waals surface area contributed by atoms with Crippen LogP contribution >= 0.6 is 0 Å². The van der Waals surface area contributed by atoms with Crippen LogP contribution in [0.2, 0.25) is 0 Å². The lowest BCUT2D eigenvalue weighted by Crippen LogP contribution is -2.49. The molecule has 1 fully saturated rings. The van der Waals surface area contributed by atoms with E-state index in [1.807, 2.05) is 58.3 Å². The molecule has 1 aliphatic carbocycles. The van der Waals surface area contributed by atoms with Gasteiger partial charge in [0.05, 0.1) is 5.41 Å². The highest BCUT2D eigenvalue weighted by molar-refractivity contribution is 5.87. The highest BCUT2D eigenvalue weighted by Gasteiger charge is 2.42. The molecule has 0 saturated heterocycles. The summed E-state index contributed by atoms with van der Waals surface area (Å²) in [5, 5.41) is 6.52. The van der Waals surface area contributed by atoms with Gasteiger partial charge in [-0.25, -0.2) is 4.99 Å². The SMILES string of the molecule is CCNC(=NCC(=O)N(CC)Cc1ccccc1)NCC1(C(=O)N(C)C)CCCC1. The van der Waals surface area contributed by atoms with Gasteiger partial charge in [-0.2, -0.15) is 0 Å². The van der Waals surface area contributed by atoms with Crippen molar-refractivity contribution in [2.45, 2.75) is 46.1 Å². The quantitative estimate of drug-likeness (QED) is 0.479. The molecule has 0 aliphatic heterocycles. The zero-order valence-electron chi connectivity index (χ0n) is 18.9. The molecular formula is C23H37N5O2. The summed E-state index contributed by atoms with van der Waals surface area (Å²) in [6, 6.07) is 9.97. The number of guanidine groups is 1. The summed E-state index contributed by atoms with van der Waals surface area (Å²) in [4.78, 5) is 33.5. The number of amides is 2. The third kappa shape index (κ3) is 6.47. The van der Waals surface area contributed by atoms with Gasteiger partial charge in [0, 0.05) is 40.3 Å². The summed E-state index contributed by atoms with van der Waals surface area (Å²) in [7, 11) is 3.62. The predicted molar refractivity (Wildman–Crippen MR) is 121 cm³/mol. The molecule has 0 aromatic heterocycles. The fourth-order valence-electron chi connectivity index (χ4n) is 4.01. The van der Waals surface area contributed by atoms with E-state index in [2.05, 4.69) is 15.6 Å². The molecule has 1 aromatic carbocycles. The maximum atomic E-state index is 12.8. The number of carbonyl (C=O) groups excluding carboxylic acids is 2. The molecule has 0 radical (unpaired) electrons. The second kappa shape index (κ2) is 11.6. The molecule has 0 bridgehead atoms. The molecule has 7 heteroatoms. The monoisotopic (exact) mass is 415 g/mol. The molecule has 2 N–H and O–H groups in total. The maximum absolute atomic E-state index is 12.8. The second-order valence-electron chi connectivity index (χ2n) is 8.13. The van der Waals surface area contributed by atoms with Crippen LogP contribution < -0.4 is 10.6 Å². The zero-order chi connectivity index (χ0) is 22.0. The Morgan fingerprint density at radius 3 is 2.30 bits per heavy atom. The van der Waals surface area contributed by atoms with E-state index < -0.39 is 0 Å². The number of rotatable bonds is 9. The van der Waals surface area contributed by atoms with Gasteiger partial charge in [0.25, 0.3) is 0 Å². The first-order valence-electron chi connectivity index (χ1n) is 11.0. The Kier molecular flexibility index (Phi) is 9.15. The minimum Gasteiger partial charge on any atom is -0.357 e. The van der Waals surface area contributed by atoms with Gasteiger partial charge < -0.3 is 20.4 Å². The standard InChI is InChI=1S/C23H37N5O2/c1-5-24-22(26-18-23(14-10-11-15-23)21(30)27(3)4)25-16-20(29)28(6-2)17-19-12-8-7-9-13-19/h7-9,12-13H,5-6,10-11,14-18H2,1-4H3,(H2,24,25,26). The van der Waals surface area contributed by atoms with Crippen LogP contribution in [0, 0.1) is 5.41 Å². The van der Waals surface area contributed by atoms with Crippen LogP contribution in [0.1, 0.15) is 45.1 Å². The molecule has 2 amide bonds. The van der Waals surface area contributed by atoms with Crippen LogP contribution in [-0.4, -0.2) is 67.8 Å². The van der Waals surface area contributed by atoms with E-state index in [0.717, 1.165) is 31.2 Å². The van der Waals surface area contributed by atoms with Gasteiger partial charge >= 0.3 is 0 Å². The third-order valence-corrected chi connectivity index (χ3v) is 5.68. The lowest BCUT2D eigenvalue weighted by molar-refractivity contribution is -0.139. The van der Waals surface area contributed by atoms with E-state index in [9.17, 15) is 9.59 Å². The van der Waals surface area contributed by atoms with Gasteiger partial charge in [0.15, 0.2) is 5.96 Å². The summed E-state index contributed by atoms with van der Waals surface area (Å²) in [6.45, 7) is 6.48. The number of carbonyl (C=O) groups is 2. The Morgan fingerprint density at radius 2 is 1.73 bits per heavy atom. The van der Waals surface area contributed by atoms with Crippen molar-refractivity contribution < 1.29 is 9.59 Å². The van der Waals surface area contributed by atoms with Gasteiger partial charge in [0.1, 0.15) is 6.54 Å². The first-order chi connectivity index (χ1) is 14.4. The molecule has 0 atom stereocenters. The molecular weight excluding hydrogens is 378 g/mol. The Bertz CT molecular complexity index is 712. The first-order valence-corrected chi connectivity index (χ1v) is 11.0. The molecule has 1 aliphatic rings. The number of benzene rings is 1. The van der Waals surface area contributed by atoms with Gasteiger partial charge in [-0.3, -0.25) is 9.59 Å². The van der Waals surface area contributed by atoms with Crippen LogP contribution in [0.15, 0.2) is 35.3 Å². The summed E-state index contributed by atoms with van der Waals surface area (Å²) in [5.41, 5.74) is 0.721. The first kappa shape index (κ1) is 23.7. The van der Waals surface area contributed by atoms with E-state index in [4.69, 9.17) is 0 Å². The molecule has 1 saturated carbocycles. The number of likely N-dealkylation sites (N-methyl/N-ethyl adjacent to an activating group) is 1. The lowest BCUT2D eigenvalue weighted by Gasteiger charge is -2.31. The van der Waals surface area contributed by atoms with Crippen molar-refractivity contribution in [3.8, 4) is 0 Å². The van der Waals surface area contributed by atoms with Crippen molar-refractivity contribution in [2.75, 3.05) is 40.3 Å². The van der Waals surface area contributed by atoms with E-state index >= 15 is 0 Å². The largest absolute Gasteiger partial charge is 0.357 e. The molecule has 30 heavy (non-hydrogen) atoms. The van der Waals surface area contributed by atoms with Gasteiger partial charge in [-0.05, 0) is 32.3 Å². The number of hydrogen-bond donors (Lipinski definition) is 2. The van der Waals surface area contributed by atoms with Crippen molar-refractivity contribution in [2.24, 2.45) is 10.4 Å². The van der Waals surface area contributed by atoms with Crippen molar-refractivity contribution in [3.05, 3.63) is 35.9 Å². The Hall–Kier alpha value is -2.57. The minimum absolute atomic E-state index is 0.0153. The molecule has 0 unspecified atom stereocenters. The Morgan fingerprint density at radius 1 is 1.07 bits per heavy atom. The van der Waals surface area contributed by atoms with E-state index in [1.165, 1.54) is 0 Å². The smallest absolute Gasteiger partial charge is 0.244 e. The average Bonchev–Trinajstić information content (AvgIpc) is 3.24. The molecule has 1 aromatic rings. The van der Waals surface area contributed by atoms with Gasteiger partial charge in [0.2, 0.25) is 11.8 Å². The van der Waals surface area contributed by atoms with Crippen LogP contribution in [0.25, 0.3) is 0 Å². The van der Waals surface area contributed by atoms with E-state index in [1.54, 1.807) is 9.80 Å². The van der Waals surface area contributed by atoms with Crippen molar-refractivity contribution >= 4 is 17.8 Å². The van der Waals surface area contributed by atoms with Gasteiger partial charge in [-0.15, -0.1) is 0 Å². The Balaban J connectivity index is 2.00. The molecule has 7 nitrogen and oxygen atoms in total. The maximum Gasteiger partial charge on any atom is 0.244 e. The van der Waals surface area contributed by atoms with Crippen LogP contribution in [-0.2, 0) is 16.1 Å². The fourth-order valence-corrected chi connectivity index (χ4v) is 4.01. The molecule has 0 heterocycles. The summed E-state index contributed by atoms with van der Waals surface area (Å²) in [5.74, 6) is 0.734. The van der Waals surface area contributed by atoms with Crippen molar-refractivity contribution in [1.82, 2.24) is 20.4 Å². The van der Waals surface area contributed by atoms with Crippen LogP contribution in [0.4, 0.5) is 0 Å². The topological polar surface area (TPSA) is 77.0 Å². The predicted octanol–water partition coefficient (Wildman–Crippen LogP) is 2.24. The summed E-state index contributed by atoms with van der Waals surface area (Å²) >= 11 is 0. The van der Waals surface area contributed by atoms with Crippen LogP contribution in [0.5, 0.6) is 0 Å². The lowest BCUT2D eigenvalue weighted by atomic mass is 9.84. The van der Waals surface area contributed by atoms with Gasteiger partial charge in [-0.1, -0.05) is 43.2 Å². The number of aliphatic imine (C=N–C) groups is 1. The highest BCUT2D eigenvalue weighted by atomic mass is 16.2. The Labute approximate surface area is 180 Å². The summed E-state index contributed by atoms with van der Waals surface area (Å²) in [6.07, 6.45) is 3.91. The second-order valence-corrected chi connectivity index (χ2v) is 8.13. The van der Waals surface area contributed by atoms with Crippen molar-refractivity contribution in [3.63, 3.8) is 0 Å². The minimum atomic E-state index is -0.382. The van der Waals surface area contributed by atoms with Crippen LogP contribution in [0.3, 0.4) is 0 Å². The number of hydrogen-bond acceptors (Lipinski definition) is 3. The third-order valence-electron chi connectivity index (χ3n) is 5.68. The molecule has 166 valence electrons. The normalized spacial score (nSPS) is 15.5. The molecule has 2 rings (SSSR count). The molecule has 0 spiro atoms. The number of nitrogens with one attached hydrogen (secondary N) is 2. The average molecular weight is 416 g/mol. The fraction of sp³-hybridized carbons (Fsp3) is 0.609.